The van der Waals surface area contributed by atoms with Crippen LogP contribution in [0.2, 0.25) is 0 Å². The summed E-state index contributed by atoms with van der Waals surface area (Å²) in [4.78, 5) is 10.8. The van der Waals surface area contributed by atoms with E-state index in [1.54, 1.807) is 19.1 Å². The van der Waals surface area contributed by atoms with Gasteiger partial charge in [0.2, 0.25) is 0 Å². The molecule has 0 radical (unpaired) electrons. The largest absolute Gasteiger partial charge is 0.508 e. The van der Waals surface area contributed by atoms with Gasteiger partial charge in [0.15, 0.2) is 0 Å². The minimum absolute atomic E-state index is 0.190. The average Bonchev–Trinajstić information content (AvgIpc) is 2.14. The molecule has 1 rings (SSSR count). The normalized spacial score (nSPS) is 14.5. The number of phenols is 1. The summed E-state index contributed by atoms with van der Waals surface area (Å²) in [5.41, 5.74) is 8.23. The van der Waals surface area contributed by atoms with Crippen molar-refractivity contribution in [2.45, 2.75) is 32.7 Å². The van der Waals surface area contributed by atoms with Crippen LogP contribution in [0.5, 0.6) is 5.75 Å². The molecule has 0 fully saturated rings. The van der Waals surface area contributed by atoms with Crippen molar-refractivity contribution >= 4 is 5.97 Å². The molecule has 0 aliphatic rings. The summed E-state index contributed by atoms with van der Waals surface area (Å²) in [6.07, 6.45) is 0. The van der Waals surface area contributed by atoms with Crippen molar-refractivity contribution in [2.24, 2.45) is 5.73 Å². The van der Waals surface area contributed by atoms with Gasteiger partial charge in [-0.1, -0.05) is 6.92 Å². The van der Waals surface area contributed by atoms with E-state index in [0.29, 0.717) is 0 Å². The van der Waals surface area contributed by atoms with E-state index >= 15 is 0 Å². The fraction of sp³-hybridized carbons (Fsp3) is 0.417. The molecular formula is C12H17NO3. The maximum atomic E-state index is 10.8. The molecular weight excluding hydrogens is 206 g/mol. The molecule has 4 heteroatoms. The molecule has 4 N–H and O–H groups in total. The van der Waals surface area contributed by atoms with Crippen LogP contribution in [0.25, 0.3) is 0 Å². The Labute approximate surface area is 94.7 Å². The van der Waals surface area contributed by atoms with Gasteiger partial charge < -0.3 is 15.9 Å². The van der Waals surface area contributed by atoms with Crippen LogP contribution in [0.3, 0.4) is 0 Å². The number of hydrogen-bond donors (Lipinski definition) is 3. The number of aryl methyl sites for hydroxylation is 2. The second-order valence-corrected chi connectivity index (χ2v) is 4.15. The van der Waals surface area contributed by atoms with Crippen LogP contribution in [-0.2, 0) is 4.79 Å². The van der Waals surface area contributed by atoms with E-state index in [1.165, 1.54) is 0 Å². The number of rotatable bonds is 3. The Kier molecular flexibility index (Phi) is 3.55. The quantitative estimate of drug-likeness (QED) is 0.725. The number of aliphatic carboxylic acids is 1. The van der Waals surface area contributed by atoms with Gasteiger partial charge in [-0.05, 0) is 42.7 Å². The lowest BCUT2D eigenvalue weighted by molar-refractivity contribution is -0.139. The molecule has 16 heavy (non-hydrogen) atoms. The van der Waals surface area contributed by atoms with Crippen LogP contribution in [-0.4, -0.2) is 22.2 Å². The number of carboxylic acids is 1. The highest BCUT2D eigenvalue weighted by Crippen LogP contribution is 2.29. The zero-order valence-corrected chi connectivity index (χ0v) is 9.69. The zero-order valence-electron chi connectivity index (χ0n) is 9.69. The lowest BCUT2D eigenvalue weighted by Crippen LogP contribution is -2.35. The van der Waals surface area contributed by atoms with Gasteiger partial charge in [0.05, 0.1) is 0 Å². The molecule has 88 valence electrons. The standard InChI is InChI=1S/C12H17NO3/c1-6-4-9(14)5-7(2)10(6)8(3)11(13)12(15)16/h4-5,8,11,14H,13H2,1-3H3,(H,15,16)/t8?,11-/m0/s1. The Balaban J connectivity index is 3.18. The van der Waals surface area contributed by atoms with Gasteiger partial charge in [-0.2, -0.15) is 0 Å². The van der Waals surface area contributed by atoms with E-state index in [1.807, 2.05) is 13.8 Å². The molecule has 4 nitrogen and oxygen atoms in total. The first-order valence-corrected chi connectivity index (χ1v) is 5.13. The Morgan fingerprint density at radius 3 is 2.12 bits per heavy atom. The second-order valence-electron chi connectivity index (χ2n) is 4.15. The first kappa shape index (κ1) is 12.5. The molecule has 0 saturated heterocycles. The number of carbonyl (C=O) groups is 1. The van der Waals surface area contributed by atoms with Crippen LogP contribution in [0.15, 0.2) is 12.1 Å². The van der Waals surface area contributed by atoms with Gasteiger partial charge in [0.1, 0.15) is 11.8 Å². The summed E-state index contributed by atoms with van der Waals surface area (Å²) >= 11 is 0. The SMILES string of the molecule is Cc1cc(O)cc(C)c1C(C)[C@H](N)C(=O)O. The molecule has 0 saturated carbocycles. The third-order valence-electron chi connectivity index (χ3n) is 2.86. The third kappa shape index (κ3) is 2.33. The lowest BCUT2D eigenvalue weighted by Gasteiger charge is -2.21. The molecule has 1 aromatic rings. The van der Waals surface area contributed by atoms with E-state index in [2.05, 4.69) is 0 Å². The predicted molar refractivity (Wildman–Crippen MR) is 61.6 cm³/mol. The molecule has 1 unspecified atom stereocenters. The van der Waals surface area contributed by atoms with Gasteiger partial charge in [0.25, 0.3) is 0 Å². The van der Waals surface area contributed by atoms with Crippen LogP contribution >= 0.6 is 0 Å². The Morgan fingerprint density at radius 2 is 1.75 bits per heavy atom. The van der Waals surface area contributed by atoms with Gasteiger partial charge in [-0.3, -0.25) is 4.79 Å². The van der Waals surface area contributed by atoms with Crippen molar-refractivity contribution in [2.75, 3.05) is 0 Å². The maximum absolute atomic E-state index is 10.8. The molecule has 1 aromatic carbocycles. The topological polar surface area (TPSA) is 83.5 Å². The van der Waals surface area contributed by atoms with Crippen LogP contribution in [0.1, 0.15) is 29.5 Å². The molecule has 0 aliphatic heterocycles. The summed E-state index contributed by atoms with van der Waals surface area (Å²) in [6, 6.07) is 2.31. The summed E-state index contributed by atoms with van der Waals surface area (Å²) in [5.74, 6) is -1.10. The monoisotopic (exact) mass is 223 g/mol. The van der Waals surface area contributed by atoms with E-state index in [4.69, 9.17) is 10.8 Å². The van der Waals surface area contributed by atoms with E-state index < -0.39 is 12.0 Å². The number of hydrogen-bond acceptors (Lipinski definition) is 3. The highest BCUT2D eigenvalue weighted by molar-refractivity contribution is 5.74. The van der Waals surface area contributed by atoms with Crippen molar-refractivity contribution < 1.29 is 15.0 Å². The summed E-state index contributed by atoms with van der Waals surface area (Å²) in [7, 11) is 0. The minimum atomic E-state index is -1.01. The van der Waals surface area contributed by atoms with Gasteiger partial charge in [-0.25, -0.2) is 0 Å². The molecule has 2 atom stereocenters. The van der Waals surface area contributed by atoms with Gasteiger partial charge in [-0.15, -0.1) is 0 Å². The fourth-order valence-electron chi connectivity index (χ4n) is 2.06. The lowest BCUT2D eigenvalue weighted by atomic mass is 9.87. The first-order valence-electron chi connectivity index (χ1n) is 5.13. The number of nitrogens with two attached hydrogens (primary N) is 1. The zero-order chi connectivity index (χ0) is 12.5. The molecule has 0 spiro atoms. The van der Waals surface area contributed by atoms with Crippen molar-refractivity contribution in [1.82, 2.24) is 0 Å². The third-order valence-corrected chi connectivity index (χ3v) is 2.86. The second kappa shape index (κ2) is 4.53. The first-order chi connectivity index (χ1) is 7.34. The number of aromatic hydroxyl groups is 1. The van der Waals surface area contributed by atoms with Crippen molar-refractivity contribution in [1.29, 1.82) is 0 Å². The molecule has 0 amide bonds. The summed E-state index contributed by atoms with van der Waals surface area (Å²) in [5, 5.41) is 18.3. The Morgan fingerprint density at radius 1 is 1.31 bits per heavy atom. The van der Waals surface area contributed by atoms with E-state index in [0.717, 1.165) is 16.7 Å². The molecule has 0 heterocycles. The van der Waals surface area contributed by atoms with Crippen LogP contribution in [0.4, 0.5) is 0 Å². The van der Waals surface area contributed by atoms with Crippen LogP contribution in [0, 0.1) is 13.8 Å². The Hall–Kier alpha value is -1.55. The summed E-state index contributed by atoms with van der Waals surface area (Å²) < 4.78 is 0. The molecule has 0 bridgehead atoms. The predicted octanol–water partition coefficient (Wildman–Crippen LogP) is 1.52. The van der Waals surface area contributed by atoms with E-state index in [-0.39, 0.29) is 11.7 Å². The van der Waals surface area contributed by atoms with Gasteiger partial charge in [0, 0.05) is 5.92 Å². The minimum Gasteiger partial charge on any atom is -0.508 e. The smallest absolute Gasteiger partial charge is 0.321 e. The number of carboxylic acid groups (broad SMARTS) is 1. The van der Waals surface area contributed by atoms with Crippen molar-refractivity contribution in [3.63, 3.8) is 0 Å². The number of phenolic OH excluding ortho intramolecular Hbond substituents is 1. The maximum Gasteiger partial charge on any atom is 0.321 e. The number of benzene rings is 1. The summed E-state index contributed by atoms with van der Waals surface area (Å²) in [6.45, 7) is 5.46. The molecule has 0 aromatic heterocycles. The van der Waals surface area contributed by atoms with Crippen LogP contribution < -0.4 is 5.73 Å². The van der Waals surface area contributed by atoms with E-state index in [9.17, 15) is 9.90 Å². The van der Waals surface area contributed by atoms with Gasteiger partial charge >= 0.3 is 5.97 Å². The highest BCUT2D eigenvalue weighted by atomic mass is 16.4. The fourth-order valence-corrected chi connectivity index (χ4v) is 2.06. The van der Waals surface area contributed by atoms with Crippen molar-refractivity contribution in [3.05, 3.63) is 28.8 Å². The molecule has 0 aliphatic carbocycles. The Bertz CT molecular complexity index is 392. The average molecular weight is 223 g/mol. The highest BCUT2D eigenvalue weighted by Gasteiger charge is 2.24. The van der Waals surface area contributed by atoms with Crippen molar-refractivity contribution in [3.8, 4) is 5.75 Å².